The Labute approximate surface area is 161 Å². The highest BCUT2D eigenvalue weighted by molar-refractivity contribution is 5.79. The molecule has 5 heteroatoms. The first-order chi connectivity index (χ1) is 12.7. The number of hydrogen-bond donors (Lipinski definition) is 2. The number of nitrogens with one attached hydrogen (secondary N) is 2. The highest BCUT2D eigenvalue weighted by atomic mass is 16.5. The molecule has 1 heterocycles. The van der Waals surface area contributed by atoms with Crippen molar-refractivity contribution in [2.24, 2.45) is 10.4 Å². The van der Waals surface area contributed by atoms with Crippen molar-refractivity contribution in [1.82, 2.24) is 15.5 Å². The summed E-state index contributed by atoms with van der Waals surface area (Å²) in [6, 6.07) is 0.758. The molecule has 5 nitrogen and oxygen atoms in total. The monoisotopic (exact) mass is 366 g/mol. The molecule has 0 aromatic rings. The summed E-state index contributed by atoms with van der Waals surface area (Å²) in [6.07, 6.45) is 11.8. The number of aliphatic imine (C=N–C) groups is 1. The third kappa shape index (κ3) is 7.07. The molecule has 1 aliphatic heterocycles. The molecule has 26 heavy (non-hydrogen) atoms. The van der Waals surface area contributed by atoms with Crippen LogP contribution >= 0.6 is 0 Å². The Kier molecular flexibility index (Phi) is 9.76. The Hall–Kier alpha value is -0.810. The second-order valence-electron chi connectivity index (χ2n) is 8.24. The number of rotatable bonds is 10. The van der Waals surface area contributed by atoms with Gasteiger partial charge in [0.2, 0.25) is 0 Å². The van der Waals surface area contributed by atoms with E-state index in [1.807, 2.05) is 7.05 Å². The fourth-order valence-corrected chi connectivity index (χ4v) is 4.54. The molecule has 0 amide bonds. The number of guanidine groups is 1. The van der Waals surface area contributed by atoms with Crippen LogP contribution in [-0.4, -0.2) is 63.3 Å². The van der Waals surface area contributed by atoms with Gasteiger partial charge in [0.25, 0.3) is 0 Å². The van der Waals surface area contributed by atoms with E-state index in [0.717, 1.165) is 44.7 Å². The quantitative estimate of drug-likeness (QED) is 0.353. The van der Waals surface area contributed by atoms with E-state index in [9.17, 15) is 0 Å². The van der Waals surface area contributed by atoms with Crippen LogP contribution in [0.4, 0.5) is 0 Å². The lowest BCUT2D eigenvalue weighted by atomic mass is 9.83. The van der Waals surface area contributed by atoms with Gasteiger partial charge < -0.3 is 20.3 Å². The van der Waals surface area contributed by atoms with Gasteiger partial charge >= 0.3 is 0 Å². The van der Waals surface area contributed by atoms with Crippen LogP contribution in [0, 0.1) is 5.41 Å². The van der Waals surface area contributed by atoms with Crippen LogP contribution in [-0.2, 0) is 4.74 Å². The standard InChI is InChI=1S/C21H42N4O/c1-4-26-17-13-21(11-6-7-12-21)18-24-20(22-3)23-14-9-16-25-15-8-5-10-19(25)2/h19H,4-18H2,1-3H3,(H2,22,23,24). The summed E-state index contributed by atoms with van der Waals surface area (Å²) in [7, 11) is 1.88. The van der Waals surface area contributed by atoms with Crippen LogP contribution in [0.15, 0.2) is 4.99 Å². The molecule has 1 saturated carbocycles. The van der Waals surface area contributed by atoms with Crippen LogP contribution in [0.5, 0.6) is 0 Å². The summed E-state index contributed by atoms with van der Waals surface area (Å²) >= 11 is 0. The van der Waals surface area contributed by atoms with Gasteiger partial charge in [-0.15, -0.1) is 0 Å². The Balaban J connectivity index is 1.66. The molecule has 1 unspecified atom stereocenters. The molecule has 0 aromatic carbocycles. The molecule has 1 atom stereocenters. The van der Waals surface area contributed by atoms with Gasteiger partial charge in [0.05, 0.1) is 0 Å². The fourth-order valence-electron chi connectivity index (χ4n) is 4.54. The lowest BCUT2D eigenvalue weighted by molar-refractivity contribution is 0.105. The van der Waals surface area contributed by atoms with Gasteiger partial charge in [-0.3, -0.25) is 4.99 Å². The van der Waals surface area contributed by atoms with E-state index in [1.165, 1.54) is 64.5 Å². The van der Waals surface area contributed by atoms with Crippen LogP contribution in [0.1, 0.15) is 71.6 Å². The van der Waals surface area contributed by atoms with Gasteiger partial charge in [-0.2, -0.15) is 0 Å². The van der Waals surface area contributed by atoms with Crippen molar-refractivity contribution in [1.29, 1.82) is 0 Å². The molecule has 2 aliphatic rings. The van der Waals surface area contributed by atoms with Crippen molar-refractivity contribution >= 4 is 5.96 Å². The molecular formula is C21H42N4O. The predicted octanol–water partition coefficient (Wildman–Crippen LogP) is 3.40. The van der Waals surface area contributed by atoms with Crippen LogP contribution in [0.3, 0.4) is 0 Å². The first-order valence-electron chi connectivity index (χ1n) is 11.0. The van der Waals surface area contributed by atoms with Crippen molar-refractivity contribution < 1.29 is 4.74 Å². The molecule has 2 N–H and O–H groups in total. The van der Waals surface area contributed by atoms with Gasteiger partial charge in [0, 0.05) is 45.9 Å². The molecule has 152 valence electrons. The molecule has 0 bridgehead atoms. The summed E-state index contributed by atoms with van der Waals surface area (Å²) in [5, 5.41) is 7.11. The zero-order chi connectivity index (χ0) is 18.7. The minimum Gasteiger partial charge on any atom is -0.382 e. The predicted molar refractivity (Wildman–Crippen MR) is 111 cm³/mol. The highest BCUT2D eigenvalue weighted by Crippen LogP contribution is 2.40. The molecule has 2 fully saturated rings. The van der Waals surface area contributed by atoms with E-state index in [-0.39, 0.29) is 0 Å². The largest absolute Gasteiger partial charge is 0.382 e. The topological polar surface area (TPSA) is 48.9 Å². The number of nitrogens with zero attached hydrogens (tertiary/aromatic N) is 2. The Morgan fingerprint density at radius 3 is 2.69 bits per heavy atom. The summed E-state index contributed by atoms with van der Waals surface area (Å²) in [4.78, 5) is 7.07. The normalized spacial score (nSPS) is 24.0. The molecule has 1 aliphatic carbocycles. The van der Waals surface area contributed by atoms with E-state index >= 15 is 0 Å². The van der Waals surface area contributed by atoms with E-state index in [1.54, 1.807) is 0 Å². The van der Waals surface area contributed by atoms with Gasteiger partial charge in [-0.05, 0) is 64.3 Å². The number of likely N-dealkylation sites (tertiary alicyclic amines) is 1. The van der Waals surface area contributed by atoms with Gasteiger partial charge in [-0.25, -0.2) is 0 Å². The first-order valence-corrected chi connectivity index (χ1v) is 11.0. The second-order valence-corrected chi connectivity index (χ2v) is 8.24. The van der Waals surface area contributed by atoms with Crippen molar-refractivity contribution in [3.05, 3.63) is 0 Å². The molecule has 0 aromatic heterocycles. The lowest BCUT2D eigenvalue weighted by Crippen LogP contribution is -2.44. The Morgan fingerprint density at radius 1 is 1.19 bits per heavy atom. The smallest absolute Gasteiger partial charge is 0.190 e. The number of ether oxygens (including phenoxy) is 1. The minimum atomic E-state index is 0.399. The number of hydrogen-bond acceptors (Lipinski definition) is 3. The van der Waals surface area contributed by atoms with E-state index in [0.29, 0.717) is 5.41 Å². The zero-order valence-corrected chi connectivity index (χ0v) is 17.5. The van der Waals surface area contributed by atoms with E-state index < -0.39 is 0 Å². The van der Waals surface area contributed by atoms with Crippen molar-refractivity contribution in [2.75, 3.05) is 46.4 Å². The fraction of sp³-hybridized carbons (Fsp3) is 0.952. The average Bonchev–Trinajstić information content (AvgIpc) is 3.12. The SMILES string of the molecule is CCOCCC1(CNC(=NC)NCCCN2CCCCC2C)CCCC1. The summed E-state index contributed by atoms with van der Waals surface area (Å²) in [5.41, 5.74) is 0.399. The zero-order valence-electron chi connectivity index (χ0n) is 17.5. The molecule has 1 saturated heterocycles. The second kappa shape index (κ2) is 11.8. The Bertz CT molecular complexity index is 407. The molecule has 0 radical (unpaired) electrons. The van der Waals surface area contributed by atoms with Crippen LogP contribution in [0.25, 0.3) is 0 Å². The summed E-state index contributed by atoms with van der Waals surface area (Å²) in [6.45, 7) is 10.6. The average molecular weight is 367 g/mol. The maximum Gasteiger partial charge on any atom is 0.190 e. The maximum absolute atomic E-state index is 5.62. The first kappa shape index (κ1) is 21.5. The van der Waals surface area contributed by atoms with Gasteiger partial charge in [-0.1, -0.05) is 19.3 Å². The van der Waals surface area contributed by atoms with Crippen LogP contribution in [0.2, 0.25) is 0 Å². The Morgan fingerprint density at radius 2 is 2.00 bits per heavy atom. The van der Waals surface area contributed by atoms with E-state index in [4.69, 9.17) is 4.74 Å². The maximum atomic E-state index is 5.62. The highest BCUT2D eigenvalue weighted by Gasteiger charge is 2.33. The third-order valence-corrected chi connectivity index (χ3v) is 6.35. The van der Waals surface area contributed by atoms with Crippen LogP contribution < -0.4 is 10.6 Å². The van der Waals surface area contributed by atoms with Crippen molar-refractivity contribution in [3.8, 4) is 0 Å². The third-order valence-electron chi connectivity index (χ3n) is 6.35. The molecule has 0 spiro atoms. The van der Waals surface area contributed by atoms with Crippen molar-refractivity contribution in [2.45, 2.75) is 77.7 Å². The van der Waals surface area contributed by atoms with Crippen molar-refractivity contribution in [3.63, 3.8) is 0 Å². The van der Waals surface area contributed by atoms with Gasteiger partial charge in [0.1, 0.15) is 0 Å². The summed E-state index contributed by atoms with van der Waals surface area (Å²) < 4.78 is 5.62. The molecule has 2 rings (SSSR count). The summed E-state index contributed by atoms with van der Waals surface area (Å²) in [5.74, 6) is 0.958. The molecular weight excluding hydrogens is 324 g/mol. The van der Waals surface area contributed by atoms with E-state index in [2.05, 4.69) is 34.4 Å². The lowest BCUT2D eigenvalue weighted by Gasteiger charge is -2.33. The number of piperidine rings is 1. The minimum absolute atomic E-state index is 0.399. The van der Waals surface area contributed by atoms with Gasteiger partial charge in [0.15, 0.2) is 5.96 Å².